The summed E-state index contributed by atoms with van der Waals surface area (Å²) in [6.07, 6.45) is 7.09. The molecule has 2 aromatic heterocycles. The molecule has 0 bridgehead atoms. The maximum absolute atomic E-state index is 12.7. The molecule has 0 aliphatic carbocycles. The average molecular weight is 450 g/mol. The molecule has 1 fully saturated rings. The van der Waals surface area contributed by atoms with E-state index in [0.717, 1.165) is 49.3 Å². The summed E-state index contributed by atoms with van der Waals surface area (Å²) in [5.74, 6) is 0.729. The molecule has 33 heavy (non-hydrogen) atoms. The molecule has 2 amide bonds. The zero-order chi connectivity index (χ0) is 23.2. The van der Waals surface area contributed by atoms with Crippen LogP contribution in [0.15, 0.2) is 36.7 Å². The maximum Gasteiger partial charge on any atom is 0.232 e. The first kappa shape index (κ1) is 22.9. The highest BCUT2D eigenvalue weighted by molar-refractivity contribution is 5.97. The van der Waals surface area contributed by atoms with E-state index in [1.165, 1.54) is 12.5 Å². The summed E-state index contributed by atoms with van der Waals surface area (Å²) in [5, 5.41) is 6.22. The van der Waals surface area contributed by atoms with Gasteiger partial charge in [-0.15, -0.1) is 0 Å². The minimum atomic E-state index is -0.481. The van der Waals surface area contributed by atoms with Crippen molar-refractivity contribution in [3.8, 4) is 0 Å². The lowest BCUT2D eigenvalue weighted by Gasteiger charge is -2.32. The molecule has 0 aromatic carbocycles. The summed E-state index contributed by atoms with van der Waals surface area (Å²) < 4.78 is 0. The lowest BCUT2D eigenvalue weighted by atomic mass is 9.92. The monoisotopic (exact) mass is 449 g/mol. The van der Waals surface area contributed by atoms with Gasteiger partial charge in [-0.05, 0) is 55.9 Å². The normalized spacial score (nSPS) is 16.9. The fourth-order valence-corrected chi connectivity index (χ4v) is 4.61. The van der Waals surface area contributed by atoms with E-state index in [9.17, 15) is 14.4 Å². The van der Waals surface area contributed by atoms with Crippen LogP contribution < -0.4 is 10.6 Å². The topological polar surface area (TPSA) is 104 Å². The summed E-state index contributed by atoms with van der Waals surface area (Å²) in [6.45, 7) is 3.68. The molecule has 0 saturated carbocycles. The Hall–Kier alpha value is -3.29. The quantitative estimate of drug-likeness (QED) is 0.630. The number of hydrogen-bond acceptors (Lipinski definition) is 6. The second-order valence-electron chi connectivity index (χ2n) is 8.92. The van der Waals surface area contributed by atoms with Crippen molar-refractivity contribution in [2.24, 2.45) is 0 Å². The second-order valence-corrected chi connectivity index (χ2v) is 8.92. The van der Waals surface area contributed by atoms with E-state index in [1.807, 2.05) is 6.07 Å². The summed E-state index contributed by atoms with van der Waals surface area (Å²) in [7, 11) is 0. The van der Waals surface area contributed by atoms with E-state index < -0.39 is 6.04 Å². The van der Waals surface area contributed by atoms with Gasteiger partial charge >= 0.3 is 0 Å². The molecule has 2 N–H and O–H groups in total. The highest BCUT2D eigenvalue weighted by Gasteiger charge is 2.27. The van der Waals surface area contributed by atoms with Crippen molar-refractivity contribution >= 4 is 23.4 Å². The molecule has 1 saturated heterocycles. The number of carbonyl (C=O) groups excluding carboxylic acids is 3. The largest absolute Gasteiger partial charge is 0.370 e. The summed E-state index contributed by atoms with van der Waals surface area (Å²) in [4.78, 5) is 47.6. The van der Waals surface area contributed by atoms with Gasteiger partial charge in [0.1, 0.15) is 18.0 Å². The number of hydrogen-bond donors (Lipinski definition) is 2. The molecule has 4 rings (SSSR count). The number of aryl methyl sites for hydroxylation is 1. The molecule has 2 aliphatic heterocycles. The number of fused-ring (bicyclic) bond motifs is 1. The Kier molecular flexibility index (Phi) is 7.32. The third-order valence-electron chi connectivity index (χ3n) is 6.41. The van der Waals surface area contributed by atoms with Gasteiger partial charge in [-0.25, -0.2) is 4.98 Å². The van der Waals surface area contributed by atoms with E-state index >= 15 is 0 Å². The van der Waals surface area contributed by atoms with Gasteiger partial charge in [-0.1, -0.05) is 12.1 Å². The van der Waals surface area contributed by atoms with Crippen molar-refractivity contribution in [2.75, 3.05) is 25.0 Å². The van der Waals surface area contributed by atoms with Gasteiger partial charge in [0, 0.05) is 50.1 Å². The number of piperidine rings is 1. The van der Waals surface area contributed by atoms with Crippen molar-refractivity contribution in [3.05, 3.63) is 53.5 Å². The molecule has 8 heteroatoms. The van der Waals surface area contributed by atoms with E-state index in [0.29, 0.717) is 19.0 Å². The first-order valence-corrected chi connectivity index (χ1v) is 11.7. The molecule has 2 aliphatic rings. The lowest BCUT2D eigenvalue weighted by Crippen LogP contribution is -2.41. The highest BCUT2D eigenvalue weighted by atomic mass is 16.2. The number of amides is 2. The molecule has 0 radical (unpaired) electrons. The molecule has 2 aromatic rings. The number of ketones is 1. The number of nitrogens with one attached hydrogen (secondary N) is 2. The lowest BCUT2D eigenvalue weighted by molar-refractivity contribution is -0.137. The zero-order valence-corrected chi connectivity index (χ0v) is 19.0. The Morgan fingerprint density at radius 1 is 1.21 bits per heavy atom. The Bertz CT molecular complexity index is 1000. The van der Waals surface area contributed by atoms with Crippen molar-refractivity contribution in [2.45, 2.75) is 57.4 Å². The molecule has 0 spiro atoms. The Morgan fingerprint density at radius 2 is 2.03 bits per heavy atom. The van der Waals surface area contributed by atoms with Gasteiger partial charge < -0.3 is 15.5 Å². The number of Topliss-reactive ketones (excluding diaryl/α,β-unsaturated/α-hetero) is 1. The first-order valence-electron chi connectivity index (χ1n) is 11.7. The van der Waals surface area contributed by atoms with E-state index in [1.54, 1.807) is 23.4 Å². The average Bonchev–Trinajstić information content (AvgIpc) is 2.83. The molecule has 0 unspecified atom stereocenters. The number of rotatable bonds is 7. The molecule has 174 valence electrons. The van der Waals surface area contributed by atoms with Crippen LogP contribution in [-0.2, 0) is 20.8 Å². The summed E-state index contributed by atoms with van der Waals surface area (Å²) in [6, 6.07) is 7.39. The van der Waals surface area contributed by atoms with Gasteiger partial charge in [0.05, 0.1) is 6.04 Å². The van der Waals surface area contributed by atoms with Crippen molar-refractivity contribution in [1.29, 1.82) is 0 Å². The predicted molar refractivity (Wildman–Crippen MR) is 125 cm³/mol. The van der Waals surface area contributed by atoms with Crippen LogP contribution in [0, 0.1) is 0 Å². The van der Waals surface area contributed by atoms with Crippen LogP contribution in [-0.4, -0.2) is 52.1 Å². The molecule has 4 heterocycles. The van der Waals surface area contributed by atoms with Crippen molar-refractivity contribution in [3.63, 3.8) is 0 Å². The smallest absolute Gasteiger partial charge is 0.232 e. The number of nitrogens with zero attached hydrogens (tertiary/aromatic N) is 3. The van der Waals surface area contributed by atoms with E-state index in [-0.39, 0.29) is 30.4 Å². The number of likely N-dealkylation sites (tertiary alicyclic amines) is 1. The number of carbonyl (C=O) groups is 3. The van der Waals surface area contributed by atoms with Gasteiger partial charge in [0.15, 0.2) is 0 Å². The van der Waals surface area contributed by atoms with Gasteiger partial charge in [0.25, 0.3) is 0 Å². The standard InChI is InChI=1S/C25H31N5O3/c1-17(31)14-22(20-5-2-10-26-16-20)28-23(32)15-24(33)30-12-8-18(9-13-30)21-7-6-19-4-3-11-27-25(19)29-21/h2,5-7,10,16,18,22H,3-4,8-9,11-15H2,1H3,(H,27,29)(H,28,32)/t22-/m0/s1. The number of pyridine rings is 2. The SMILES string of the molecule is CC(=O)C[C@H](NC(=O)CC(=O)N1CCC(c2ccc3c(n2)NCCC3)CC1)c1cccnc1. The number of anilines is 1. The second kappa shape index (κ2) is 10.6. The highest BCUT2D eigenvalue weighted by Crippen LogP contribution is 2.30. The minimum absolute atomic E-state index is 0.0384. The van der Waals surface area contributed by atoms with E-state index in [2.05, 4.69) is 27.8 Å². The van der Waals surface area contributed by atoms with Crippen LogP contribution in [0.4, 0.5) is 5.82 Å². The summed E-state index contributed by atoms with van der Waals surface area (Å²) in [5.41, 5.74) is 3.11. The minimum Gasteiger partial charge on any atom is -0.370 e. The molecular formula is C25H31N5O3. The fraction of sp³-hybridized carbons (Fsp3) is 0.480. The Labute approximate surface area is 194 Å². The van der Waals surface area contributed by atoms with Gasteiger partial charge in [-0.3, -0.25) is 19.4 Å². The van der Waals surface area contributed by atoms with Crippen molar-refractivity contribution in [1.82, 2.24) is 20.2 Å². The van der Waals surface area contributed by atoms with Crippen molar-refractivity contribution < 1.29 is 14.4 Å². The predicted octanol–water partition coefficient (Wildman–Crippen LogP) is 2.77. The van der Waals surface area contributed by atoms with Crippen LogP contribution in [0.25, 0.3) is 0 Å². The third-order valence-corrected chi connectivity index (χ3v) is 6.41. The van der Waals surface area contributed by atoms with Crippen LogP contribution >= 0.6 is 0 Å². The number of aromatic nitrogens is 2. The van der Waals surface area contributed by atoms with Crippen LogP contribution in [0.1, 0.15) is 67.8 Å². The molecule has 1 atom stereocenters. The van der Waals surface area contributed by atoms with Gasteiger partial charge in [-0.2, -0.15) is 0 Å². The Morgan fingerprint density at radius 3 is 2.76 bits per heavy atom. The van der Waals surface area contributed by atoms with Gasteiger partial charge in [0.2, 0.25) is 11.8 Å². The molecular weight excluding hydrogens is 418 g/mol. The van der Waals surface area contributed by atoms with Crippen LogP contribution in [0.2, 0.25) is 0 Å². The molecule has 8 nitrogen and oxygen atoms in total. The first-order chi connectivity index (χ1) is 16.0. The zero-order valence-electron chi connectivity index (χ0n) is 19.0. The maximum atomic E-state index is 12.7. The fourth-order valence-electron chi connectivity index (χ4n) is 4.61. The Balaban J connectivity index is 1.29. The third kappa shape index (κ3) is 5.94. The van der Waals surface area contributed by atoms with E-state index in [4.69, 9.17) is 4.98 Å². The van der Waals surface area contributed by atoms with Crippen LogP contribution in [0.5, 0.6) is 0 Å². The van der Waals surface area contributed by atoms with Crippen LogP contribution in [0.3, 0.4) is 0 Å². The summed E-state index contributed by atoms with van der Waals surface area (Å²) >= 11 is 0.